The Morgan fingerprint density at radius 2 is 1.91 bits per heavy atom. The average Bonchev–Trinajstić information content (AvgIpc) is 2.87. The van der Waals surface area contributed by atoms with Gasteiger partial charge in [0.05, 0.1) is 6.54 Å². The molecule has 0 aliphatic carbocycles. The van der Waals surface area contributed by atoms with E-state index in [9.17, 15) is 4.79 Å². The normalized spacial score (nSPS) is 21.7. The second-order valence-corrected chi connectivity index (χ2v) is 6.67. The summed E-state index contributed by atoms with van der Waals surface area (Å²) in [5.74, 6) is 1.92. The summed E-state index contributed by atoms with van der Waals surface area (Å²) in [6, 6.07) is 10.5. The molecule has 0 N–H and O–H groups in total. The van der Waals surface area contributed by atoms with Gasteiger partial charge in [0.1, 0.15) is 11.6 Å². The molecule has 1 aliphatic heterocycles. The highest BCUT2D eigenvalue weighted by Gasteiger charge is 2.36. The van der Waals surface area contributed by atoms with Crippen molar-refractivity contribution in [2.24, 2.45) is 0 Å². The van der Waals surface area contributed by atoms with Crippen LogP contribution in [0, 0.1) is 13.8 Å². The number of likely N-dealkylation sites (tertiary alicyclic amines) is 1. The molecule has 1 aliphatic rings. The molecule has 1 aromatic heterocycles. The number of nitrogens with zero attached hydrogens (tertiary/aromatic N) is 4. The average molecular weight is 312 g/mol. The molecule has 0 radical (unpaired) electrons. The van der Waals surface area contributed by atoms with E-state index in [-0.39, 0.29) is 11.3 Å². The number of amides is 1. The van der Waals surface area contributed by atoms with Gasteiger partial charge < -0.3 is 4.90 Å². The second-order valence-electron chi connectivity index (χ2n) is 6.67. The molecule has 3 rings (SSSR count). The van der Waals surface area contributed by atoms with Gasteiger partial charge in [-0.05, 0) is 25.8 Å². The predicted octanol–water partition coefficient (Wildman–Crippen LogP) is 2.48. The molecule has 1 saturated heterocycles. The maximum Gasteiger partial charge on any atom is 0.222 e. The summed E-state index contributed by atoms with van der Waals surface area (Å²) in [7, 11) is 0. The van der Waals surface area contributed by atoms with Crippen LogP contribution in [0.2, 0.25) is 0 Å². The van der Waals surface area contributed by atoms with E-state index in [0.717, 1.165) is 24.6 Å². The van der Waals surface area contributed by atoms with Crippen molar-refractivity contribution in [2.75, 3.05) is 13.1 Å². The summed E-state index contributed by atoms with van der Waals surface area (Å²) in [6.07, 6.45) is 1.52. The molecule has 0 spiro atoms. The fraction of sp³-hybridized carbons (Fsp3) is 0.500. The Labute approximate surface area is 137 Å². The Morgan fingerprint density at radius 3 is 2.57 bits per heavy atom. The van der Waals surface area contributed by atoms with Gasteiger partial charge in [0.25, 0.3) is 0 Å². The molecule has 23 heavy (non-hydrogen) atoms. The first-order chi connectivity index (χ1) is 11.0. The second kappa shape index (κ2) is 6.14. The molecule has 0 saturated carbocycles. The third kappa shape index (κ3) is 3.28. The van der Waals surface area contributed by atoms with E-state index in [1.807, 2.05) is 29.5 Å². The van der Waals surface area contributed by atoms with Crippen LogP contribution >= 0.6 is 0 Å². The van der Waals surface area contributed by atoms with Crippen LogP contribution in [-0.4, -0.2) is 38.7 Å². The standard InChI is InChI=1S/C18H24N4O/c1-14-19-15(2)22(20-14)12-11-21-13-18(3,10-9-17(21)23)16-7-5-4-6-8-16/h4-8H,9-13H2,1-3H3/t18-/m1/s1. The van der Waals surface area contributed by atoms with Crippen LogP contribution < -0.4 is 0 Å². The number of aryl methyl sites for hydroxylation is 2. The van der Waals surface area contributed by atoms with Crippen molar-refractivity contribution in [2.45, 2.75) is 45.6 Å². The number of carbonyl (C=O) groups is 1. The van der Waals surface area contributed by atoms with Gasteiger partial charge >= 0.3 is 0 Å². The van der Waals surface area contributed by atoms with Crippen molar-refractivity contribution in [3.8, 4) is 0 Å². The topological polar surface area (TPSA) is 51.0 Å². The molecule has 5 heteroatoms. The minimum Gasteiger partial charge on any atom is -0.340 e. The fourth-order valence-electron chi connectivity index (χ4n) is 3.40. The summed E-state index contributed by atoms with van der Waals surface area (Å²) < 4.78 is 1.89. The van der Waals surface area contributed by atoms with Crippen LogP contribution in [0.3, 0.4) is 0 Å². The van der Waals surface area contributed by atoms with Gasteiger partial charge in [-0.25, -0.2) is 9.67 Å². The highest BCUT2D eigenvalue weighted by Crippen LogP contribution is 2.33. The summed E-state index contributed by atoms with van der Waals surface area (Å²) >= 11 is 0. The first kappa shape index (κ1) is 15.7. The molecule has 1 fully saturated rings. The minimum atomic E-state index is 0.0303. The van der Waals surface area contributed by atoms with E-state index in [1.165, 1.54) is 5.56 Å². The van der Waals surface area contributed by atoms with Crippen molar-refractivity contribution >= 4 is 5.91 Å². The minimum absolute atomic E-state index is 0.0303. The molecule has 1 aromatic carbocycles. The van der Waals surface area contributed by atoms with Crippen LogP contribution in [0.4, 0.5) is 0 Å². The first-order valence-electron chi connectivity index (χ1n) is 8.19. The van der Waals surface area contributed by atoms with Crippen molar-refractivity contribution in [3.05, 3.63) is 47.5 Å². The number of piperidine rings is 1. The quantitative estimate of drug-likeness (QED) is 0.871. The third-order valence-corrected chi connectivity index (χ3v) is 4.80. The lowest BCUT2D eigenvalue weighted by Gasteiger charge is -2.40. The summed E-state index contributed by atoms with van der Waals surface area (Å²) in [4.78, 5) is 18.6. The Bertz CT molecular complexity index is 694. The Balaban J connectivity index is 1.71. The maximum absolute atomic E-state index is 12.3. The van der Waals surface area contributed by atoms with Gasteiger partial charge in [-0.15, -0.1) is 0 Å². The number of hydrogen-bond donors (Lipinski definition) is 0. The van der Waals surface area contributed by atoms with Gasteiger partial charge in [0.15, 0.2) is 0 Å². The smallest absolute Gasteiger partial charge is 0.222 e. The van der Waals surface area contributed by atoms with Gasteiger partial charge in [0.2, 0.25) is 5.91 Å². The molecular formula is C18H24N4O. The zero-order chi connectivity index (χ0) is 16.4. The molecule has 1 amide bonds. The molecular weight excluding hydrogens is 288 g/mol. The van der Waals surface area contributed by atoms with Crippen LogP contribution in [0.15, 0.2) is 30.3 Å². The van der Waals surface area contributed by atoms with Crippen LogP contribution in [-0.2, 0) is 16.8 Å². The van der Waals surface area contributed by atoms with Crippen molar-refractivity contribution in [3.63, 3.8) is 0 Å². The summed E-state index contributed by atoms with van der Waals surface area (Å²) in [5, 5.41) is 4.38. The van der Waals surface area contributed by atoms with Crippen molar-refractivity contribution in [1.29, 1.82) is 0 Å². The van der Waals surface area contributed by atoms with E-state index in [2.05, 4.69) is 41.3 Å². The SMILES string of the molecule is Cc1nc(C)n(CCN2C[C@](C)(c3ccccc3)CCC2=O)n1. The van der Waals surface area contributed by atoms with Gasteiger partial charge in [-0.3, -0.25) is 4.79 Å². The molecule has 0 bridgehead atoms. The maximum atomic E-state index is 12.3. The van der Waals surface area contributed by atoms with Crippen LogP contribution in [0.25, 0.3) is 0 Å². The number of benzene rings is 1. The van der Waals surface area contributed by atoms with Crippen LogP contribution in [0.5, 0.6) is 0 Å². The lowest BCUT2D eigenvalue weighted by Crippen LogP contribution is -2.48. The Hall–Kier alpha value is -2.17. The van der Waals surface area contributed by atoms with E-state index >= 15 is 0 Å². The lowest BCUT2D eigenvalue weighted by molar-refractivity contribution is -0.135. The van der Waals surface area contributed by atoms with E-state index in [0.29, 0.717) is 19.5 Å². The predicted molar refractivity (Wildman–Crippen MR) is 89.1 cm³/mol. The third-order valence-electron chi connectivity index (χ3n) is 4.80. The zero-order valence-electron chi connectivity index (χ0n) is 14.1. The number of carbonyl (C=O) groups excluding carboxylic acids is 1. The zero-order valence-corrected chi connectivity index (χ0v) is 14.1. The summed E-state index contributed by atoms with van der Waals surface area (Å²) in [5.41, 5.74) is 1.34. The number of hydrogen-bond acceptors (Lipinski definition) is 3. The molecule has 1 atom stereocenters. The van der Waals surface area contributed by atoms with Gasteiger partial charge in [-0.2, -0.15) is 5.10 Å². The summed E-state index contributed by atoms with van der Waals surface area (Å²) in [6.45, 7) is 8.25. The van der Waals surface area contributed by atoms with Crippen molar-refractivity contribution < 1.29 is 4.79 Å². The Morgan fingerprint density at radius 1 is 1.17 bits per heavy atom. The number of rotatable bonds is 4. The molecule has 2 heterocycles. The highest BCUT2D eigenvalue weighted by molar-refractivity contribution is 5.77. The van der Waals surface area contributed by atoms with E-state index < -0.39 is 0 Å². The molecule has 2 aromatic rings. The van der Waals surface area contributed by atoms with E-state index in [4.69, 9.17) is 0 Å². The van der Waals surface area contributed by atoms with Crippen LogP contribution in [0.1, 0.15) is 37.0 Å². The van der Waals surface area contributed by atoms with Crippen molar-refractivity contribution in [1.82, 2.24) is 19.7 Å². The van der Waals surface area contributed by atoms with E-state index in [1.54, 1.807) is 0 Å². The molecule has 122 valence electrons. The molecule has 0 unspecified atom stereocenters. The highest BCUT2D eigenvalue weighted by atomic mass is 16.2. The Kier molecular flexibility index (Phi) is 4.20. The largest absolute Gasteiger partial charge is 0.340 e. The first-order valence-corrected chi connectivity index (χ1v) is 8.19. The monoisotopic (exact) mass is 312 g/mol. The van der Waals surface area contributed by atoms with Gasteiger partial charge in [-0.1, -0.05) is 37.3 Å². The molecule has 5 nitrogen and oxygen atoms in total. The van der Waals surface area contributed by atoms with Gasteiger partial charge in [0, 0.05) is 24.9 Å². The lowest BCUT2D eigenvalue weighted by atomic mass is 9.76. The fourth-order valence-corrected chi connectivity index (χ4v) is 3.40. The number of aromatic nitrogens is 3.